The number of para-hydroxylation sites is 2. The van der Waals surface area contributed by atoms with E-state index in [1.165, 1.54) is 17.0 Å². The van der Waals surface area contributed by atoms with Crippen molar-refractivity contribution in [1.82, 2.24) is 0 Å². The summed E-state index contributed by atoms with van der Waals surface area (Å²) in [6, 6.07) is 14.7. The van der Waals surface area contributed by atoms with Gasteiger partial charge in [-0.05, 0) is 24.3 Å². The first-order valence-electron chi connectivity index (χ1n) is 6.93. The molecule has 0 atom stereocenters. The van der Waals surface area contributed by atoms with Crippen molar-refractivity contribution in [1.29, 1.82) is 0 Å². The molecule has 0 heterocycles. The molecule has 2 N–H and O–H groups in total. The number of anilines is 2. The van der Waals surface area contributed by atoms with E-state index in [1.54, 1.807) is 42.5 Å². The second-order valence-electron chi connectivity index (χ2n) is 4.78. The molecule has 2 aromatic carbocycles. The zero-order valence-corrected chi connectivity index (χ0v) is 12.2. The van der Waals surface area contributed by atoms with E-state index in [9.17, 15) is 19.5 Å². The monoisotopic (exact) mass is 313 g/mol. The number of nitrogens with zero attached hydrogens (tertiary/aromatic N) is 1. The zero-order chi connectivity index (χ0) is 16.8. The van der Waals surface area contributed by atoms with Crippen LogP contribution in [-0.4, -0.2) is 28.1 Å². The third-order valence-electron chi connectivity index (χ3n) is 3.19. The standard InChI is InChI=1S/C17H15NO5/c19-15(10-11-16(20)21)18(12-6-2-1-3-7-12)14-9-5-4-8-13(14)17(22)23/h1-9H,10-11H2,(H,20,21)(H,22,23). The third kappa shape index (κ3) is 3.94. The normalized spacial score (nSPS) is 10.1. The van der Waals surface area contributed by atoms with Crippen LogP contribution in [0.5, 0.6) is 0 Å². The topological polar surface area (TPSA) is 94.9 Å². The maximum absolute atomic E-state index is 12.5. The molecular weight excluding hydrogens is 298 g/mol. The smallest absolute Gasteiger partial charge is 0.337 e. The van der Waals surface area contributed by atoms with Gasteiger partial charge in [0, 0.05) is 12.1 Å². The van der Waals surface area contributed by atoms with E-state index in [0.717, 1.165) is 0 Å². The molecule has 118 valence electrons. The Morgan fingerprint density at radius 1 is 0.826 bits per heavy atom. The molecule has 0 saturated carbocycles. The van der Waals surface area contributed by atoms with Crippen LogP contribution in [0.4, 0.5) is 11.4 Å². The number of carboxylic acid groups (broad SMARTS) is 2. The Morgan fingerprint density at radius 2 is 1.43 bits per heavy atom. The Balaban J connectivity index is 2.48. The predicted molar refractivity (Wildman–Crippen MR) is 83.9 cm³/mol. The molecule has 0 saturated heterocycles. The van der Waals surface area contributed by atoms with Crippen molar-refractivity contribution in [2.45, 2.75) is 12.8 Å². The highest BCUT2D eigenvalue weighted by atomic mass is 16.4. The molecule has 1 amide bonds. The van der Waals surface area contributed by atoms with Crippen LogP contribution in [0.1, 0.15) is 23.2 Å². The van der Waals surface area contributed by atoms with Gasteiger partial charge in [-0.25, -0.2) is 4.79 Å². The largest absolute Gasteiger partial charge is 0.481 e. The molecule has 0 aliphatic carbocycles. The van der Waals surface area contributed by atoms with Crippen LogP contribution in [0.25, 0.3) is 0 Å². The molecule has 0 aliphatic heterocycles. The van der Waals surface area contributed by atoms with Crippen LogP contribution in [-0.2, 0) is 9.59 Å². The fourth-order valence-electron chi connectivity index (χ4n) is 2.17. The number of hydrogen-bond acceptors (Lipinski definition) is 3. The molecule has 0 fully saturated rings. The molecular formula is C17H15NO5. The zero-order valence-electron chi connectivity index (χ0n) is 12.2. The quantitative estimate of drug-likeness (QED) is 0.855. The highest BCUT2D eigenvalue weighted by molar-refractivity contribution is 6.06. The number of carboxylic acids is 2. The van der Waals surface area contributed by atoms with Gasteiger partial charge in [0.25, 0.3) is 0 Å². The SMILES string of the molecule is O=C(O)CCC(=O)N(c1ccccc1)c1ccccc1C(=O)O. The maximum Gasteiger partial charge on any atom is 0.337 e. The molecule has 2 rings (SSSR count). The number of carbonyl (C=O) groups is 3. The van der Waals surface area contributed by atoms with Crippen molar-refractivity contribution < 1.29 is 24.6 Å². The lowest BCUT2D eigenvalue weighted by molar-refractivity contribution is -0.138. The number of amides is 1. The molecule has 0 spiro atoms. The van der Waals surface area contributed by atoms with Crippen molar-refractivity contribution in [3.8, 4) is 0 Å². The molecule has 6 heteroatoms. The highest BCUT2D eigenvalue weighted by Gasteiger charge is 2.23. The first-order valence-corrected chi connectivity index (χ1v) is 6.93. The summed E-state index contributed by atoms with van der Waals surface area (Å²) < 4.78 is 0. The minimum Gasteiger partial charge on any atom is -0.481 e. The summed E-state index contributed by atoms with van der Waals surface area (Å²) in [5.41, 5.74) is 0.665. The van der Waals surface area contributed by atoms with Crippen molar-refractivity contribution in [3.63, 3.8) is 0 Å². The van der Waals surface area contributed by atoms with Crippen molar-refractivity contribution >= 4 is 29.2 Å². The molecule has 23 heavy (non-hydrogen) atoms. The van der Waals surface area contributed by atoms with Crippen molar-refractivity contribution in [2.24, 2.45) is 0 Å². The van der Waals surface area contributed by atoms with Crippen LogP contribution >= 0.6 is 0 Å². The lowest BCUT2D eigenvalue weighted by Gasteiger charge is -2.24. The van der Waals surface area contributed by atoms with Gasteiger partial charge >= 0.3 is 11.9 Å². The second-order valence-corrected chi connectivity index (χ2v) is 4.78. The summed E-state index contributed by atoms with van der Waals surface area (Å²) >= 11 is 0. The summed E-state index contributed by atoms with van der Waals surface area (Å²) in [4.78, 5) is 35.9. The van der Waals surface area contributed by atoms with Crippen LogP contribution in [0.3, 0.4) is 0 Å². The van der Waals surface area contributed by atoms with E-state index in [-0.39, 0.29) is 24.1 Å². The highest BCUT2D eigenvalue weighted by Crippen LogP contribution is 2.29. The summed E-state index contributed by atoms with van der Waals surface area (Å²) in [7, 11) is 0. The Kier molecular flexibility index (Phi) is 5.09. The maximum atomic E-state index is 12.5. The van der Waals surface area contributed by atoms with E-state index in [4.69, 9.17) is 5.11 Å². The molecule has 6 nitrogen and oxygen atoms in total. The van der Waals surface area contributed by atoms with Gasteiger partial charge in [0.15, 0.2) is 0 Å². The van der Waals surface area contributed by atoms with E-state index in [0.29, 0.717) is 5.69 Å². The summed E-state index contributed by atoms with van der Waals surface area (Å²) in [6.07, 6.45) is -0.546. The Labute approximate surface area is 132 Å². The van der Waals surface area contributed by atoms with Gasteiger partial charge < -0.3 is 10.2 Å². The van der Waals surface area contributed by atoms with Crippen LogP contribution in [0, 0.1) is 0 Å². The van der Waals surface area contributed by atoms with Gasteiger partial charge in [0.05, 0.1) is 17.7 Å². The lowest BCUT2D eigenvalue weighted by Crippen LogP contribution is -2.28. The fourth-order valence-corrected chi connectivity index (χ4v) is 2.17. The molecule has 0 bridgehead atoms. The Hall–Kier alpha value is -3.15. The Bertz CT molecular complexity index is 727. The minimum atomic E-state index is -1.16. The number of rotatable bonds is 6. The van der Waals surface area contributed by atoms with E-state index in [2.05, 4.69) is 0 Å². The van der Waals surface area contributed by atoms with E-state index >= 15 is 0 Å². The predicted octanol–water partition coefficient (Wildman–Crippen LogP) is 2.91. The van der Waals surface area contributed by atoms with E-state index in [1.807, 2.05) is 0 Å². The summed E-state index contributed by atoms with van der Waals surface area (Å²) in [5, 5.41) is 18.1. The van der Waals surface area contributed by atoms with Gasteiger partial charge in [0.1, 0.15) is 0 Å². The van der Waals surface area contributed by atoms with Gasteiger partial charge in [-0.2, -0.15) is 0 Å². The first-order chi connectivity index (χ1) is 11.0. The third-order valence-corrected chi connectivity index (χ3v) is 3.19. The average Bonchev–Trinajstić information content (AvgIpc) is 2.54. The van der Waals surface area contributed by atoms with Gasteiger partial charge in [0.2, 0.25) is 5.91 Å². The van der Waals surface area contributed by atoms with Crippen LogP contribution in [0.15, 0.2) is 54.6 Å². The average molecular weight is 313 g/mol. The number of aromatic carboxylic acids is 1. The van der Waals surface area contributed by atoms with Crippen LogP contribution < -0.4 is 4.90 Å². The summed E-state index contributed by atoms with van der Waals surface area (Å²) in [5.74, 6) is -2.72. The molecule has 0 unspecified atom stereocenters. The van der Waals surface area contributed by atoms with Gasteiger partial charge in [-0.3, -0.25) is 14.5 Å². The van der Waals surface area contributed by atoms with Gasteiger partial charge in [-0.15, -0.1) is 0 Å². The lowest BCUT2D eigenvalue weighted by atomic mass is 10.1. The Morgan fingerprint density at radius 3 is 2.04 bits per heavy atom. The number of aliphatic carboxylic acids is 1. The van der Waals surface area contributed by atoms with Crippen molar-refractivity contribution in [3.05, 3.63) is 60.2 Å². The molecule has 0 aliphatic rings. The number of hydrogen-bond donors (Lipinski definition) is 2. The molecule has 0 aromatic heterocycles. The minimum absolute atomic E-state index is 0.0278. The van der Waals surface area contributed by atoms with E-state index < -0.39 is 17.8 Å². The van der Waals surface area contributed by atoms with Gasteiger partial charge in [-0.1, -0.05) is 30.3 Å². The van der Waals surface area contributed by atoms with Crippen molar-refractivity contribution in [2.75, 3.05) is 4.90 Å². The fraction of sp³-hybridized carbons (Fsp3) is 0.118. The number of carbonyl (C=O) groups excluding carboxylic acids is 1. The molecule has 2 aromatic rings. The molecule has 0 radical (unpaired) electrons. The second kappa shape index (κ2) is 7.22. The first kappa shape index (κ1) is 16.2. The summed E-state index contributed by atoms with van der Waals surface area (Å²) in [6.45, 7) is 0. The van der Waals surface area contributed by atoms with Crippen LogP contribution in [0.2, 0.25) is 0 Å². The number of benzene rings is 2.